The first-order chi connectivity index (χ1) is 10.2. The predicted molar refractivity (Wildman–Crippen MR) is 81.9 cm³/mol. The number of H-pyrrole nitrogens is 1. The van der Waals surface area contributed by atoms with Gasteiger partial charge in [0.05, 0.1) is 6.54 Å². The summed E-state index contributed by atoms with van der Waals surface area (Å²) in [7, 11) is 0. The number of ether oxygens (including phenoxy) is 1. The Morgan fingerprint density at radius 3 is 3.00 bits per heavy atom. The maximum atomic E-state index is 12.6. The molecule has 0 fully saturated rings. The highest BCUT2D eigenvalue weighted by Gasteiger charge is 2.22. The van der Waals surface area contributed by atoms with Gasteiger partial charge >= 0.3 is 0 Å². The van der Waals surface area contributed by atoms with Crippen LogP contribution >= 0.6 is 11.6 Å². The zero-order valence-electron chi connectivity index (χ0n) is 11.9. The van der Waals surface area contributed by atoms with Crippen LogP contribution in [-0.2, 0) is 13.0 Å². The SMILES string of the molecule is CCc1ccc(C(=O)N2CCOc3ccc(Cl)cc3C2)[nH]1. The van der Waals surface area contributed by atoms with Crippen LogP contribution in [0.15, 0.2) is 30.3 Å². The number of halogens is 1. The van der Waals surface area contributed by atoms with Crippen molar-refractivity contribution in [3.05, 3.63) is 52.3 Å². The molecule has 21 heavy (non-hydrogen) atoms. The summed E-state index contributed by atoms with van der Waals surface area (Å²) in [6.45, 7) is 3.61. The number of aromatic nitrogens is 1. The number of carbonyl (C=O) groups excluding carboxylic acids is 1. The molecule has 110 valence electrons. The second-order valence-corrected chi connectivity index (χ2v) is 5.51. The molecule has 1 amide bonds. The monoisotopic (exact) mass is 304 g/mol. The quantitative estimate of drug-likeness (QED) is 0.925. The van der Waals surface area contributed by atoms with Crippen molar-refractivity contribution in [2.75, 3.05) is 13.2 Å². The lowest BCUT2D eigenvalue weighted by molar-refractivity contribution is 0.0728. The summed E-state index contributed by atoms with van der Waals surface area (Å²) < 4.78 is 5.68. The second kappa shape index (κ2) is 5.82. The minimum atomic E-state index is -0.00822. The number of nitrogens with zero attached hydrogens (tertiary/aromatic N) is 1. The predicted octanol–water partition coefficient (Wildman–Crippen LogP) is 3.27. The molecule has 0 saturated carbocycles. The van der Waals surface area contributed by atoms with E-state index in [0.717, 1.165) is 23.4 Å². The molecule has 2 heterocycles. The minimum absolute atomic E-state index is 0.00822. The van der Waals surface area contributed by atoms with Crippen molar-refractivity contribution < 1.29 is 9.53 Å². The lowest BCUT2D eigenvalue weighted by Gasteiger charge is -2.19. The van der Waals surface area contributed by atoms with Crippen molar-refractivity contribution in [1.82, 2.24) is 9.88 Å². The van der Waals surface area contributed by atoms with Gasteiger partial charge in [0.15, 0.2) is 0 Å². The van der Waals surface area contributed by atoms with Gasteiger partial charge in [-0.25, -0.2) is 0 Å². The third-order valence-electron chi connectivity index (χ3n) is 3.65. The normalized spacial score (nSPS) is 14.3. The Kier molecular flexibility index (Phi) is 3.88. The number of amides is 1. The Balaban J connectivity index is 1.84. The fourth-order valence-electron chi connectivity index (χ4n) is 2.48. The van der Waals surface area contributed by atoms with Crippen LogP contribution in [0.1, 0.15) is 28.7 Å². The lowest BCUT2D eigenvalue weighted by Crippen LogP contribution is -2.32. The van der Waals surface area contributed by atoms with Gasteiger partial charge in [0.25, 0.3) is 5.91 Å². The third-order valence-corrected chi connectivity index (χ3v) is 3.88. The van der Waals surface area contributed by atoms with Gasteiger partial charge in [-0.3, -0.25) is 4.79 Å². The molecule has 1 aliphatic heterocycles. The summed E-state index contributed by atoms with van der Waals surface area (Å²) in [4.78, 5) is 17.5. The van der Waals surface area contributed by atoms with E-state index < -0.39 is 0 Å². The highest BCUT2D eigenvalue weighted by molar-refractivity contribution is 6.30. The largest absolute Gasteiger partial charge is 0.491 e. The number of hydrogen-bond acceptors (Lipinski definition) is 2. The summed E-state index contributed by atoms with van der Waals surface area (Å²) in [6, 6.07) is 9.30. The van der Waals surface area contributed by atoms with E-state index in [0.29, 0.717) is 30.4 Å². The third kappa shape index (κ3) is 2.90. The average Bonchev–Trinajstić information content (AvgIpc) is 2.87. The molecular formula is C16H17ClN2O2. The highest BCUT2D eigenvalue weighted by Crippen LogP contribution is 2.26. The maximum Gasteiger partial charge on any atom is 0.270 e. The molecule has 0 spiro atoms. The molecule has 4 nitrogen and oxygen atoms in total. The first kappa shape index (κ1) is 14.0. The Hall–Kier alpha value is -1.94. The topological polar surface area (TPSA) is 45.3 Å². The van der Waals surface area contributed by atoms with Gasteiger partial charge in [0.1, 0.15) is 18.1 Å². The van der Waals surface area contributed by atoms with Crippen molar-refractivity contribution in [1.29, 1.82) is 0 Å². The Morgan fingerprint density at radius 1 is 1.38 bits per heavy atom. The van der Waals surface area contributed by atoms with Crippen molar-refractivity contribution in [3.8, 4) is 5.75 Å². The molecule has 1 N–H and O–H groups in total. The Morgan fingerprint density at radius 2 is 2.24 bits per heavy atom. The number of carbonyl (C=O) groups is 1. The number of nitrogens with one attached hydrogen (secondary N) is 1. The molecule has 2 aromatic rings. The smallest absolute Gasteiger partial charge is 0.270 e. The van der Waals surface area contributed by atoms with E-state index in [1.165, 1.54) is 0 Å². The van der Waals surface area contributed by atoms with E-state index >= 15 is 0 Å². The van der Waals surface area contributed by atoms with Crippen LogP contribution in [0.2, 0.25) is 5.02 Å². The molecule has 0 bridgehead atoms. The second-order valence-electron chi connectivity index (χ2n) is 5.08. The summed E-state index contributed by atoms with van der Waals surface area (Å²) in [6.07, 6.45) is 0.884. The van der Waals surface area contributed by atoms with E-state index in [9.17, 15) is 4.79 Å². The average molecular weight is 305 g/mol. The molecule has 1 aromatic heterocycles. The van der Waals surface area contributed by atoms with Crippen LogP contribution in [0.3, 0.4) is 0 Å². The zero-order chi connectivity index (χ0) is 14.8. The summed E-state index contributed by atoms with van der Waals surface area (Å²) >= 11 is 6.03. The molecule has 1 aliphatic rings. The first-order valence-electron chi connectivity index (χ1n) is 7.05. The van der Waals surface area contributed by atoms with E-state index in [-0.39, 0.29) is 5.91 Å². The fraction of sp³-hybridized carbons (Fsp3) is 0.312. The van der Waals surface area contributed by atoms with Crippen LogP contribution in [0.5, 0.6) is 5.75 Å². The van der Waals surface area contributed by atoms with Crippen LogP contribution in [0.25, 0.3) is 0 Å². The Labute approximate surface area is 128 Å². The van der Waals surface area contributed by atoms with Gasteiger partial charge in [-0.1, -0.05) is 18.5 Å². The summed E-state index contributed by atoms with van der Waals surface area (Å²) in [5, 5.41) is 0.653. The van der Waals surface area contributed by atoms with Crippen LogP contribution in [-0.4, -0.2) is 28.9 Å². The number of benzene rings is 1. The minimum Gasteiger partial charge on any atom is -0.491 e. The molecule has 0 unspecified atom stereocenters. The maximum absolute atomic E-state index is 12.6. The van der Waals surface area contributed by atoms with Gasteiger partial charge < -0.3 is 14.6 Å². The first-order valence-corrected chi connectivity index (χ1v) is 7.43. The van der Waals surface area contributed by atoms with Gasteiger partial charge in [0.2, 0.25) is 0 Å². The number of fused-ring (bicyclic) bond motifs is 1. The van der Waals surface area contributed by atoms with Gasteiger partial charge in [-0.2, -0.15) is 0 Å². The van der Waals surface area contributed by atoms with E-state index in [1.807, 2.05) is 24.3 Å². The van der Waals surface area contributed by atoms with Crippen molar-refractivity contribution in [3.63, 3.8) is 0 Å². The fourth-order valence-corrected chi connectivity index (χ4v) is 2.67. The van der Waals surface area contributed by atoms with Crippen LogP contribution < -0.4 is 4.74 Å². The van der Waals surface area contributed by atoms with E-state index in [2.05, 4.69) is 11.9 Å². The van der Waals surface area contributed by atoms with E-state index in [1.54, 1.807) is 11.0 Å². The molecule has 0 aliphatic carbocycles. The number of aromatic amines is 1. The molecule has 0 atom stereocenters. The summed E-state index contributed by atoms with van der Waals surface area (Å²) in [5.41, 5.74) is 2.63. The highest BCUT2D eigenvalue weighted by atomic mass is 35.5. The standard InChI is InChI=1S/C16H17ClN2O2/c1-2-13-4-5-14(18-13)16(20)19-7-8-21-15-6-3-12(17)9-11(15)10-19/h3-6,9,18H,2,7-8,10H2,1H3. The molecule has 5 heteroatoms. The van der Waals surface area contributed by atoms with Gasteiger partial charge in [-0.15, -0.1) is 0 Å². The molecule has 3 rings (SSSR count). The molecule has 0 saturated heterocycles. The number of rotatable bonds is 2. The molecular weight excluding hydrogens is 288 g/mol. The Bertz CT molecular complexity index is 666. The van der Waals surface area contributed by atoms with Gasteiger partial charge in [-0.05, 0) is 36.8 Å². The number of aryl methyl sites for hydroxylation is 1. The zero-order valence-corrected chi connectivity index (χ0v) is 12.6. The van der Waals surface area contributed by atoms with Crippen LogP contribution in [0, 0.1) is 0 Å². The van der Waals surface area contributed by atoms with Crippen molar-refractivity contribution in [2.24, 2.45) is 0 Å². The van der Waals surface area contributed by atoms with Crippen molar-refractivity contribution >= 4 is 17.5 Å². The van der Waals surface area contributed by atoms with Crippen LogP contribution in [0.4, 0.5) is 0 Å². The van der Waals surface area contributed by atoms with E-state index in [4.69, 9.17) is 16.3 Å². The number of hydrogen-bond donors (Lipinski definition) is 1. The van der Waals surface area contributed by atoms with Crippen molar-refractivity contribution in [2.45, 2.75) is 19.9 Å². The molecule has 1 aromatic carbocycles. The van der Waals surface area contributed by atoms with Gasteiger partial charge in [0, 0.05) is 22.8 Å². The summed E-state index contributed by atoms with van der Waals surface area (Å²) in [5.74, 6) is 0.793. The lowest BCUT2D eigenvalue weighted by atomic mass is 10.2. The molecule has 0 radical (unpaired) electrons.